The maximum atomic E-state index is 12.6. The molecule has 3 rings (SSSR count). The minimum absolute atomic E-state index is 0.0508. The Morgan fingerprint density at radius 1 is 1.40 bits per heavy atom. The average molecular weight is 340 g/mol. The van der Waals surface area contributed by atoms with Gasteiger partial charge in [0, 0.05) is 43.9 Å². The molecule has 7 heteroatoms. The van der Waals surface area contributed by atoms with Crippen LogP contribution in [0.25, 0.3) is 0 Å². The van der Waals surface area contributed by atoms with Crippen LogP contribution in [0.15, 0.2) is 30.5 Å². The average Bonchev–Trinajstić information content (AvgIpc) is 2.93. The number of pyridine rings is 2. The highest BCUT2D eigenvalue weighted by molar-refractivity contribution is 5.98. The monoisotopic (exact) mass is 340 g/mol. The summed E-state index contributed by atoms with van der Waals surface area (Å²) in [6.45, 7) is 2.76. The van der Waals surface area contributed by atoms with Crippen molar-refractivity contribution in [2.45, 2.75) is 26.4 Å². The van der Waals surface area contributed by atoms with Crippen LogP contribution in [-0.2, 0) is 24.3 Å². The molecule has 1 aliphatic rings. The van der Waals surface area contributed by atoms with Gasteiger partial charge in [-0.3, -0.25) is 14.6 Å². The molecule has 0 bridgehead atoms. The van der Waals surface area contributed by atoms with Crippen LogP contribution in [0.1, 0.15) is 34.2 Å². The van der Waals surface area contributed by atoms with E-state index < -0.39 is 0 Å². The number of hydrogen-bond acceptors (Lipinski definition) is 5. The highest BCUT2D eigenvalue weighted by Gasteiger charge is 2.30. The molecule has 0 saturated carbocycles. The van der Waals surface area contributed by atoms with E-state index in [4.69, 9.17) is 4.74 Å². The second kappa shape index (κ2) is 7.29. The molecule has 0 radical (unpaired) electrons. The van der Waals surface area contributed by atoms with Crippen molar-refractivity contribution in [3.8, 4) is 5.88 Å². The zero-order chi connectivity index (χ0) is 17.8. The van der Waals surface area contributed by atoms with Gasteiger partial charge in [-0.25, -0.2) is 4.98 Å². The van der Waals surface area contributed by atoms with E-state index >= 15 is 0 Å². The van der Waals surface area contributed by atoms with E-state index in [0.717, 1.165) is 5.69 Å². The Hall–Kier alpha value is -2.96. The third-order valence-electron chi connectivity index (χ3n) is 4.08. The second-order valence-corrected chi connectivity index (χ2v) is 5.86. The van der Waals surface area contributed by atoms with Crippen molar-refractivity contribution in [1.29, 1.82) is 0 Å². The van der Waals surface area contributed by atoms with Crippen LogP contribution in [0.4, 0.5) is 0 Å². The molecule has 2 aromatic rings. The van der Waals surface area contributed by atoms with Gasteiger partial charge in [0.05, 0.1) is 24.9 Å². The SMILES string of the molecule is COc1nc2c(cc1CNC(C)=O)C(=O)N(CCc1ccccn1)C2. The van der Waals surface area contributed by atoms with Crippen LogP contribution >= 0.6 is 0 Å². The second-order valence-electron chi connectivity index (χ2n) is 5.86. The number of amides is 2. The number of rotatable bonds is 6. The van der Waals surface area contributed by atoms with Crippen molar-refractivity contribution in [3.63, 3.8) is 0 Å². The number of ether oxygens (including phenoxy) is 1. The topological polar surface area (TPSA) is 84.4 Å². The van der Waals surface area contributed by atoms with Crippen molar-refractivity contribution in [2.75, 3.05) is 13.7 Å². The predicted octanol–water partition coefficient (Wildman–Crippen LogP) is 1.32. The number of nitrogens with zero attached hydrogens (tertiary/aromatic N) is 3. The minimum Gasteiger partial charge on any atom is -0.481 e. The van der Waals surface area contributed by atoms with Crippen molar-refractivity contribution in [2.24, 2.45) is 0 Å². The number of methoxy groups -OCH3 is 1. The van der Waals surface area contributed by atoms with E-state index in [0.29, 0.717) is 42.2 Å². The van der Waals surface area contributed by atoms with Crippen LogP contribution < -0.4 is 10.1 Å². The Balaban J connectivity index is 1.75. The maximum Gasteiger partial charge on any atom is 0.256 e. The van der Waals surface area contributed by atoms with Crippen LogP contribution in [0, 0.1) is 0 Å². The van der Waals surface area contributed by atoms with Crippen LogP contribution in [0.5, 0.6) is 5.88 Å². The Morgan fingerprint density at radius 2 is 2.24 bits per heavy atom. The van der Waals surface area contributed by atoms with Gasteiger partial charge in [-0.2, -0.15) is 0 Å². The number of nitrogens with one attached hydrogen (secondary N) is 1. The van der Waals surface area contributed by atoms with Gasteiger partial charge >= 0.3 is 0 Å². The number of aromatic nitrogens is 2. The van der Waals surface area contributed by atoms with Crippen molar-refractivity contribution in [3.05, 3.63) is 53.0 Å². The lowest BCUT2D eigenvalue weighted by molar-refractivity contribution is -0.119. The number of carbonyl (C=O) groups is 2. The smallest absolute Gasteiger partial charge is 0.256 e. The van der Waals surface area contributed by atoms with Crippen molar-refractivity contribution < 1.29 is 14.3 Å². The number of fused-ring (bicyclic) bond motifs is 1. The third-order valence-corrected chi connectivity index (χ3v) is 4.08. The van der Waals surface area contributed by atoms with Gasteiger partial charge in [0.2, 0.25) is 11.8 Å². The standard InChI is InChI=1S/C18H20N4O3/c1-12(23)20-10-13-9-15-16(21-17(13)25-2)11-22(18(15)24)8-6-14-5-3-4-7-19-14/h3-5,7,9H,6,8,10-11H2,1-2H3,(H,20,23). The van der Waals surface area contributed by atoms with Crippen LogP contribution in [0.2, 0.25) is 0 Å². The predicted molar refractivity (Wildman–Crippen MR) is 91.0 cm³/mol. The molecule has 0 saturated heterocycles. The molecule has 7 nitrogen and oxygen atoms in total. The number of hydrogen-bond donors (Lipinski definition) is 1. The van der Waals surface area contributed by atoms with E-state index in [9.17, 15) is 9.59 Å². The summed E-state index contributed by atoms with van der Waals surface area (Å²) < 4.78 is 5.30. The van der Waals surface area contributed by atoms with Gasteiger partial charge in [0.1, 0.15) is 0 Å². The van der Waals surface area contributed by atoms with Gasteiger partial charge in [-0.1, -0.05) is 6.07 Å². The molecule has 1 aliphatic heterocycles. The fraction of sp³-hybridized carbons (Fsp3) is 0.333. The summed E-state index contributed by atoms with van der Waals surface area (Å²) in [6, 6.07) is 7.51. The lowest BCUT2D eigenvalue weighted by atomic mass is 10.1. The van der Waals surface area contributed by atoms with Gasteiger partial charge in [-0.05, 0) is 18.2 Å². The number of carbonyl (C=O) groups excluding carboxylic acids is 2. The Morgan fingerprint density at radius 3 is 2.92 bits per heavy atom. The van der Waals surface area contributed by atoms with Crippen LogP contribution in [0.3, 0.4) is 0 Å². The van der Waals surface area contributed by atoms with Gasteiger partial charge in [-0.15, -0.1) is 0 Å². The maximum absolute atomic E-state index is 12.6. The Labute approximate surface area is 146 Å². The Kier molecular flexibility index (Phi) is 4.92. The van der Waals surface area contributed by atoms with E-state index in [2.05, 4.69) is 15.3 Å². The fourth-order valence-electron chi connectivity index (χ4n) is 2.80. The van der Waals surface area contributed by atoms with Crippen molar-refractivity contribution in [1.82, 2.24) is 20.2 Å². The molecule has 25 heavy (non-hydrogen) atoms. The van der Waals surface area contributed by atoms with Crippen LogP contribution in [-0.4, -0.2) is 40.3 Å². The molecular weight excluding hydrogens is 320 g/mol. The molecule has 0 atom stereocenters. The first kappa shape index (κ1) is 16.9. The minimum atomic E-state index is -0.147. The van der Waals surface area contributed by atoms with Gasteiger partial charge in [0.25, 0.3) is 5.91 Å². The lowest BCUT2D eigenvalue weighted by Gasteiger charge is -2.14. The van der Waals surface area contributed by atoms with E-state index in [-0.39, 0.29) is 18.4 Å². The molecule has 3 heterocycles. The first-order valence-electron chi connectivity index (χ1n) is 8.09. The molecule has 0 aliphatic carbocycles. The zero-order valence-electron chi connectivity index (χ0n) is 14.3. The summed E-state index contributed by atoms with van der Waals surface area (Å²) >= 11 is 0. The molecule has 2 aromatic heterocycles. The highest BCUT2D eigenvalue weighted by atomic mass is 16.5. The fourth-order valence-corrected chi connectivity index (χ4v) is 2.80. The highest BCUT2D eigenvalue weighted by Crippen LogP contribution is 2.27. The molecule has 1 N–H and O–H groups in total. The largest absolute Gasteiger partial charge is 0.481 e. The molecule has 130 valence electrons. The van der Waals surface area contributed by atoms with E-state index in [1.807, 2.05) is 18.2 Å². The molecule has 0 unspecified atom stereocenters. The van der Waals surface area contributed by atoms with Gasteiger partial charge in [0.15, 0.2) is 0 Å². The first-order chi connectivity index (χ1) is 12.1. The van der Waals surface area contributed by atoms with Gasteiger partial charge < -0.3 is 15.0 Å². The summed E-state index contributed by atoms with van der Waals surface area (Å²) in [5.74, 6) is 0.239. The summed E-state index contributed by atoms with van der Waals surface area (Å²) in [4.78, 5) is 34.3. The normalized spacial score (nSPS) is 12.9. The van der Waals surface area contributed by atoms with E-state index in [1.54, 1.807) is 17.2 Å². The summed E-state index contributed by atoms with van der Waals surface area (Å²) in [5.41, 5.74) is 2.91. The first-order valence-corrected chi connectivity index (χ1v) is 8.09. The molecule has 0 spiro atoms. The summed E-state index contributed by atoms with van der Waals surface area (Å²) in [5, 5.41) is 2.71. The summed E-state index contributed by atoms with van der Waals surface area (Å²) in [7, 11) is 1.53. The molecule has 2 amide bonds. The Bertz CT molecular complexity index is 792. The molecule has 0 aromatic carbocycles. The molecular formula is C18H20N4O3. The van der Waals surface area contributed by atoms with E-state index in [1.165, 1.54) is 14.0 Å². The summed E-state index contributed by atoms with van der Waals surface area (Å²) in [6.07, 6.45) is 2.44. The lowest BCUT2D eigenvalue weighted by Crippen LogP contribution is -2.26. The van der Waals surface area contributed by atoms with Crippen molar-refractivity contribution >= 4 is 11.8 Å². The zero-order valence-corrected chi connectivity index (χ0v) is 14.3. The molecule has 0 fully saturated rings. The third kappa shape index (κ3) is 3.76. The quantitative estimate of drug-likeness (QED) is 0.857.